The molecule has 0 aliphatic rings. The number of anilines is 1. The van der Waals surface area contributed by atoms with Gasteiger partial charge in [0.05, 0.1) is 11.8 Å². The number of nitriles is 1. The molecule has 1 aromatic carbocycles. The van der Waals surface area contributed by atoms with Gasteiger partial charge in [-0.05, 0) is 31.5 Å². The average Bonchev–Trinajstić information content (AvgIpc) is 2.36. The van der Waals surface area contributed by atoms with E-state index in [0.717, 1.165) is 11.3 Å². The maximum Gasteiger partial charge on any atom is 0.236 e. The summed E-state index contributed by atoms with van der Waals surface area (Å²) in [5.41, 5.74) is 2.10. The summed E-state index contributed by atoms with van der Waals surface area (Å²) in [5, 5.41) is 8.44. The number of amides is 1. The molecule has 0 atom stereocenters. The van der Waals surface area contributed by atoms with E-state index in [0.29, 0.717) is 24.5 Å². The Balaban J connectivity index is 2.60. The van der Waals surface area contributed by atoms with Crippen LogP contribution in [-0.2, 0) is 4.79 Å². The Morgan fingerprint density at radius 2 is 2.28 bits per heavy atom. The van der Waals surface area contributed by atoms with Crippen molar-refractivity contribution in [2.75, 3.05) is 23.0 Å². The first-order chi connectivity index (χ1) is 8.69. The molecular weight excluding hydrogens is 244 g/mol. The first-order valence-electron chi connectivity index (χ1n) is 6.00. The van der Waals surface area contributed by atoms with Gasteiger partial charge in [0.15, 0.2) is 0 Å². The summed E-state index contributed by atoms with van der Waals surface area (Å²) in [7, 11) is 0. The van der Waals surface area contributed by atoms with Crippen molar-refractivity contribution in [3.63, 3.8) is 0 Å². The van der Waals surface area contributed by atoms with Crippen molar-refractivity contribution < 1.29 is 4.79 Å². The highest BCUT2D eigenvalue weighted by Crippen LogP contribution is 2.17. The third-order valence-corrected chi connectivity index (χ3v) is 3.46. The van der Waals surface area contributed by atoms with Gasteiger partial charge in [0.1, 0.15) is 0 Å². The molecule has 0 fully saturated rings. The van der Waals surface area contributed by atoms with E-state index in [2.05, 4.69) is 6.07 Å². The van der Waals surface area contributed by atoms with Crippen LogP contribution in [-0.4, -0.2) is 24.0 Å². The van der Waals surface area contributed by atoms with E-state index in [-0.39, 0.29) is 5.91 Å². The number of benzene rings is 1. The largest absolute Gasteiger partial charge is 0.312 e. The quantitative estimate of drug-likeness (QED) is 0.740. The lowest BCUT2D eigenvalue weighted by Crippen LogP contribution is -2.32. The van der Waals surface area contributed by atoms with Crippen molar-refractivity contribution >= 4 is 23.4 Å². The fourth-order valence-corrected chi connectivity index (χ4v) is 2.36. The second-order valence-corrected chi connectivity index (χ2v) is 5.04. The molecule has 0 aliphatic heterocycles. The Kier molecular flexibility index (Phi) is 6.31. The predicted octanol–water partition coefficient (Wildman–Crippen LogP) is 2.99. The number of hydrogen-bond donors (Lipinski definition) is 0. The van der Waals surface area contributed by atoms with Gasteiger partial charge < -0.3 is 4.90 Å². The highest BCUT2D eigenvalue weighted by atomic mass is 32.2. The fourth-order valence-electron chi connectivity index (χ4n) is 1.65. The monoisotopic (exact) mass is 262 g/mol. The molecular formula is C14H18N2OS. The van der Waals surface area contributed by atoms with Crippen LogP contribution in [0.2, 0.25) is 0 Å². The third kappa shape index (κ3) is 4.42. The number of nitrogens with zero attached hydrogens (tertiary/aromatic N) is 2. The Morgan fingerprint density at radius 1 is 1.50 bits per heavy atom. The minimum atomic E-state index is 0.103. The molecule has 0 unspecified atom stereocenters. The molecule has 0 bridgehead atoms. The van der Waals surface area contributed by atoms with Gasteiger partial charge in [0.2, 0.25) is 5.91 Å². The molecule has 3 nitrogen and oxygen atoms in total. The smallest absolute Gasteiger partial charge is 0.236 e. The summed E-state index contributed by atoms with van der Waals surface area (Å²) in [6, 6.07) is 10.0. The van der Waals surface area contributed by atoms with Crippen molar-refractivity contribution in [2.45, 2.75) is 20.3 Å². The lowest BCUT2D eigenvalue weighted by molar-refractivity contribution is -0.116. The molecule has 0 radical (unpaired) electrons. The zero-order valence-electron chi connectivity index (χ0n) is 10.8. The van der Waals surface area contributed by atoms with Crippen molar-refractivity contribution in [1.29, 1.82) is 5.26 Å². The van der Waals surface area contributed by atoms with Crippen LogP contribution in [0.15, 0.2) is 24.3 Å². The summed E-state index contributed by atoms with van der Waals surface area (Å²) in [6.45, 7) is 4.66. The van der Waals surface area contributed by atoms with E-state index in [9.17, 15) is 4.79 Å². The Bertz CT molecular complexity index is 440. The number of aryl methyl sites for hydroxylation is 1. The van der Waals surface area contributed by atoms with E-state index in [4.69, 9.17) is 5.26 Å². The van der Waals surface area contributed by atoms with E-state index in [1.807, 2.05) is 38.1 Å². The second-order valence-electron chi connectivity index (χ2n) is 3.94. The Labute approximate surface area is 113 Å². The van der Waals surface area contributed by atoms with Gasteiger partial charge in [-0.25, -0.2) is 0 Å². The van der Waals surface area contributed by atoms with Gasteiger partial charge in [0.25, 0.3) is 0 Å². The summed E-state index contributed by atoms with van der Waals surface area (Å²) < 4.78 is 0. The summed E-state index contributed by atoms with van der Waals surface area (Å²) in [5.74, 6) is 1.25. The van der Waals surface area contributed by atoms with Gasteiger partial charge in [0, 0.05) is 24.4 Å². The van der Waals surface area contributed by atoms with Crippen LogP contribution in [0.5, 0.6) is 0 Å². The van der Waals surface area contributed by atoms with Gasteiger partial charge in [-0.1, -0.05) is 12.1 Å². The normalized spacial score (nSPS) is 9.83. The molecule has 0 spiro atoms. The standard InChI is InChI=1S/C14H18N2OS/c1-3-16(13-7-4-6-12(2)10-13)14(17)11-18-9-5-8-15/h4,6-7,10H,3,5,9,11H2,1-2H3. The van der Waals surface area contributed by atoms with Gasteiger partial charge in [-0.2, -0.15) is 17.0 Å². The molecule has 1 aromatic rings. The van der Waals surface area contributed by atoms with Crippen LogP contribution in [0.25, 0.3) is 0 Å². The van der Waals surface area contributed by atoms with E-state index in [1.165, 1.54) is 11.8 Å². The predicted molar refractivity (Wildman–Crippen MR) is 76.8 cm³/mol. The van der Waals surface area contributed by atoms with Gasteiger partial charge in [-0.15, -0.1) is 0 Å². The minimum absolute atomic E-state index is 0.103. The fraction of sp³-hybridized carbons (Fsp3) is 0.429. The van der Waals surface area contributed by atoms with Gasteiger partial charge >= 0.3 is 0 Å². The topological polar surface area (TPSA) is 44.1 Å². The van der Waals surface area contributed by atoms with Gasteiger partial charge in [-0.3, -0.25) is 4.79 Å². The minimum Gasteiger partial charge on any atom is -0.312 e. The molecule has 0 aliphatic carbocycles. The lowest BCUT2D eigenvalue weighted by atomic mass is 10.2. The van der Waals surface area contributed by atoms with E-state index in [1.54, 1.807) is 4.90 Å². The number of hydrogen-bond acceptors (Lipinski definition) is 3. The Morgan fingerprint density at radius 3 is 2.89 bits per heavy atom. The van der Waals surface area contributed by atoms with Crippen LogP contribution in [0.4, 0.5) is 5.69 Å². The first kappa shape index (κ1) is 14.6. The molecule has 0 heterocycles. The van der Waals surface area contributed by atoms with Crippen molar-refractivity contribution in [2.24, 2.45) is 0 Å². The molecule has 96 valence electrons. The van der Waals surface area contributed by atoms with Crippen LogP contribution in [0.3, 0.4) is 0 Å². The van der Waals surface area contributed by atoms with Crippen LogP contribution >= 0.6 is 11.8 Å². The van der Waals surface area contributed by atoms with Crippen molar-refractivity contribution in [1.82, 2.24) is 0 Å². The molecule has 0 aromatic heterocycles. The Hall–Kier alpha value is -1.47. The SMILES string of the molecule is CCN(C(=O)CSCCC#N)c1cccc(C)c1. The maximum atomic E-state index is 12.1. The molecule has 0 saturated carbocycles. The number of rotatable bonds is 6. The number of thioether (sulfide) groups is 1. The highest BCUT2D eigenvalue weighted by molar-refractivity contribution is 7.99. The molecule has 1 amide bonds. The second kappa shape index (κ2) is 7.78. The molecule has 4 heteroatoms. The molecule has 18 heavy (non-hydrogen) atoms. The summed E-state index contributed by atoms with van der Waals surface area (Å²) in [4.78, 5) is 13.9. The van der Waals surface area contributed by atoms with E-state index >= 15 is 0 Å². The first-order valence-corrected chi connectivity index (χ1v) is 7.16. The highest BCUT2D eigenvalue weighted by Gasteiger charge is 2.13. The summed E-state index contributed by atoms with van der Waals surface area (Å²) >= 11 is 1.51. The van der Waals surface area contributed by atoms with Crippen molar-refractivity contribution in [3.05, 3.63) is 29.8 Å². The number of carbonyl (C=O) groups is 1. The number of carbonyl (C=O) groups excluding carboxylic acids is 1. The molecule has 1 rings (SSSR count). The molecule has 0 N–H and O–H groups in total. The zero-order valence-corrected chi connectivity index (χ0v) is 11.7. The summed E-state index contributed by atoms with van der Waals surface area (Å²) in [6.07, 6.45) is 0.495. The van der Waals surface area contributed by atoms with Crippen LogP contribution in [0.1, 0.15) is 18.9 Å². The molecule has 0 saturated heterocycles. The third-order valence-electron chi connectivity index (χ3n) is 2.51. The van der Waals surface area contributed by atoms with E-state index < -0.39 is 0 Å². The average molecular weight is 262 g/mol. The maximum absolute atomic E-state index is 12.1. The zero-order chi connectivity index (χ0) is 13.4. The van der Waals surface area contributed by atoms with Crippen molar-refractivity contribution in [3.8, 4) is 6.07 Å². The van der Waals surface area contributed by atoms with Crippen LogP contribution < -0.4 is 4.90 Å². The lowest BCUT2D eigenvalue weighted by Gasteiger charge is -2.21. The van der Waals surface area contributed by atoms with Crippen LogP contribution in [0, 0.1) is 18.3 Å².